The minimum absolute atomic E-state index is 0.406. The molecule has 15 heavy (non-hydrogen) atoms. The summed E-state index contributed by atoms with van der Waals surface area (Å²) in [7, 11) is 0. The first-order valence-electron chi connectivity index (χ1n) is 5.58. The predicted octanol–water partition coefficient (Wildman–Crippen LogP) is 1.23. The van der Waals surface area contributed by atoms with Gasteiger partial charge in [-0.25, -0.2) is 0 Å². The van der Waals surface area contributed by atoms with Crippen molar-refractivity contribution < 1.29 is 4.74 Å². The zero-order valence-corrected chi connectivity index (χ0v) is 9.42. The van der Waals surface area contributed by atoms with Crippen LogP contribution in [0.3, 0.4) is 0 Å². The Labute approximate surface area is 90.4 Å². The molecule has 2 heterocycles. The number of nitrogens with one attached hydrogen (secondary N) is 2. The molecular formula is C11H19N3O. The minimum atomic E-state index is 0.406. The normalized spacial score (nSPS) is 26.0. The summed E-state index contributed by atoms with van der Waals surface area (Å²) in [6, 6.07) is 0. The minimum Gasteiger partial charge on any atom is -0.378 e. The Morgan fingerprint density at radius 1 is 1.67 bits per heavy atom. The number of rotatable bonds is 4. The Hall–Kier alpha value is -0.870. The van der Waals surface area contributed by atoms with Crippen molar-refractivity contribution in [2.75, 3.05) is 13.2 Å². The molecule has 2 N–H and O–H groups in total. The van der Waals surface area contributed by atoms with Crippen LogP contribution >= 0.6 is 0 Å². The zero-order valence-electron chi connectivity index (χ0n) is 9.42. The van der Waals surface area contributed by atoms with E-state index in [9.17, 15) is 0 Å². The van der Waals surface area contributed by atoms with E-state index in [0.717, 1.165) is 25.4 Å². The number of aryl methyl sites for hydroxylation is 1. The fraction of sp³-hybridized carbons (Fsp3) is 0.727. The van der Waals surface area contributed by atoms with Crippen LogP contribution in [0.1, 0.15) is 24.6 Å². The van der Waals surface area contributed by atoms with Gasteiger partial charge in [0.25, 0.3) is 0 Å². The van der Waals surface area contributed by atoms with Gasteiger partial charge in [0.1, 0.15) is 0 Å². The maximum Gasteiger partial charge on any atom is 0.0588 e. The molecule has 0 aliphatic carbocycles. The van der Waals surface area contributed by atoms with Crippen LogP contribution in [0.25, 0.3) is 0 Å². The van der Waals surface area contributed by atoms with Crippen molar-refractivity contribution >= 4 is 0 Å². The van der Waals surface area contributed by atoms with Gasteiger partial charge < -0.3 is 10.1 Å². The number of aromatic amines is 1. The first-order chi connectivity index (χ1) is 7.27. The summed E-state index contributed by atoms with van der Waals surface area (Å²) < 4.78 is 5.52. The summed E-state index contributed by atoms with van der Waals surface area (Å²) in [5.74, 6) is 0.664. The van der Waals surface area contributed by atoms with Gasteiger partial charge in [-0.15, -0.1) is 0 Å². The number of hydrogen-bond donors (Lipinski definition) is 2. The Morgan fingerprint density at radius 2 is 2.53 bits per heavy atom. The lowest BCUT2D eigenvalue weighted by Gasteiger charge is -2.14. The van der Waals surface area contributed by atoms with E-state index in [1.165, 1.54) is 12.0 Å². The summed E-state index contributed by atoms with van der Waals surface area (Å²) in [5.41, 5.74) is 2.40. The van der Waals surface area contributed by atoms with Crippen molar-refractivity contribution in [2.45, 2.75) is 32.9 Å². The summed E-state index contributed by atoms with van der Waals surface area (Å²) in [4.78, 5) is 0. The third-order valence-electron chi connectivity index (χ3n) is 3.19. The Bertz CT molecular complexity index is 311. The number of aromatic nitrogens is 2. The van der Waals surface area contributed by atoms with Crippen molar-refractivity contribution in [3.8, 4) is 0 Å². The summed E-state index contributed by atoms with van der Waals surface area (Å²) in [5, 5.41) is 10.4. The molecule has 0 bridgehead atoms. The molecule has 0 amide bonds. The van der Waals surface area contributed by atoms with Crippen LogP contribution in [0.4, 0.5) is 0 Å². The van der Waals surface area contributed by atoms with Gasteiger partial charge in [0.2, 0.25) is 0 Å². The second-order valence-electron chi connectivity index (χ2n) is 4.28. The molecule has 1 aliphatic heterocycles. The molecule has 2 atom stereocenters. The van der Waals surface area contributed by atoms with Crippen LogP contribution in [0.2, 0.25) is 0 Å². The van der Waals surface area contributed by atoms with Gasteiger partial charge in [-0.2, -0.15) is 5.10 Å². The van der Waals surface area contributed by atoms with E-state index in [-0.39, 0.29) is 0 Å². The quantitative estimate of drug-likeness (QED) is 0.784. The summed E-state index contributed by atoms with van der Waals surface area (Å²) in [6.07, 6.45) is 3.47. The van der Waals surface area contributed by atoms with Gasteiger partial charge in [-0.3, -0.25) is 5.10 Å². The van der Waals surface area contributed by atoms with E-state index >= 15 is 0 Å². The molecule has 1 fully saturated rings. The first-order valence-corrected chi connectivity index (χ1v) is 5.58. The van der Waals surface area contributed by atoms with Crippen molar-refractivity contribution in [2.24, 2.45) is 5.92 Å². The molecule has 1 aromatic rings. The number of nitrogens with zero attached hydrogens (tertiary/aromatic N) is 1. The predicted molar refractivity (Wildman–Crippen MR) is 58.6 cm³/mol. The SMILES string of the molecule is Cc1[nH]ncc1CNCC1CCOC1C. The second-order valence-corrected chi connectivity index (χ2v) is 4.28. The van der Waals surface area contributed by atoms with Gasteiger partial charge in [0, 0.05) is 31.0 Å². The monoisotopic (exact) mass is 209 g/mol. The maximum atomic E-state index is 5.52. The van der Waals surface area contributed by atoms with Crippen LogP contribution < -0.4 is 5.32 Å². The van der Waals surface area contributed by atoms with Gasteiger partial charge in [0.15, 0.2) is 0 Å². The van der Waals surface area contributed by atoms with E-state index in [4.69, 9.17) is 4.74 Å². The molecule has 84 valence electrons. The maximum absolute atomic E-state index is 5.52. The third-order valence-corrected chi connectivity index (χ3v) is 3.19. The average Bonchev–Trinajstić information content (AvgIpc) is 2.78. The van der Waals surface area contributed by atoms with E-state index in [2.05, 4.69) is 22.4 Å². The highest BCUT2D eigenvalue weighted by Gasteiger charge is 2.23. The molecule has 4 nitrogen and oxygen atoms in total. The second kappa shape index (κ2) is 4.77. The summed E-state index contributed by atoms with van der Waals surface area (Å²) >= 11 is 0. The van der Waals surface area contributed by atoms with Gasteiger partial charge in [0.05, 0.1) is 12.3 Å². The van der Waals surface area contributed by atoms with Crippen molar-refractivity contribution in [1.29, 1.82) is 0 Å². The van der Waals surface area contributed by atoms with E-state index < -0.39 is 0 Å². The molecule has 0 saturated carbocycles. The fourth-order valence-electron chi connectivity index (χ4n) is 1.99. The van der Waals surface area contributed by atoms with Crippen LogP contribution in [0.15, 0.2) is 6.20 Å². The van der Waals surface area contributed by atoms with Crippen molar-refractivity contribution in [3.05, 3.63) is 17.5 Å². The van der Waals surface area contributed by atoms with Crippen LogP contribution in [-0.2, 0) is 11.3 Å². The zero-order chi connectivity index (χ0) is 10.7. The Morgan fingerprint density at radius 3 is 3.13 bits per heavy atom. The van der Waals surface area contributed by atoms with Gasteiger partial charge >= 0.3 is 0 Å². The highest BCUT2D eigenvalue weighted by molar-refractivity contribution is 5.13. The molecule has 2 unspecified atom stereocenters. The van der Waals surface area contributed by atoms with E-state index in [1.807, 2.05) is 13.1 Å². The Balaban J connectivity index is 1.73. The largest absolute Gasteiger partial charge is 0.378 e. The molecule has 1 aliphatic rings. The van der Waals surface area contributed by atoms with Crippen LogP contribution in [-0.4, -0.2) is 29.5 Å². The average molecular weight is 209 g/mol. The molecule has 0 spiro atoms. The number of ether oxygens (including phenoxy) is 1. The molecular weight excluding hydrogens is 190 g/mol. The van der Waals surface area contributed by atoms with Crippen molar-refractivity contribution in [3.63, 3.8) is 0 Å². The molecule has 4 heteroatoms. The molecule has 0 aromatic carbocycles. The lowest BCUT2D eigenvalue weighted by Crippen LogP contribution is -2.26. The highest BCUT2D eigenvalue weighted by Crippen LogP contribution is 2.19. The van der Waals surface area contributed by atoms with Gasteiger partial charge in [-0.1, -0.05) is 0 Å². The molecule has 0 radical (unpaired) electrons. The molecule has 1 saturated heterocycles. The Kier molecular flexibility index (Phi) is 3.38. The first kappa shape index (κ1) is 10.6. The van der Waals surface area contributed by atoms with Crippen LogP contribution in [0.5, 0.6) is 0 Å². The topological polar surface area (TPSA) is 49.9 Å². The van der Waals surface area contributed by atoms with Gasteiger partial charge in [-0.05, 0) is 26.2 Å². The molecule has 2 rings (SSSR count). The fourth-order valence-corrected chi connectivity index (χ4v) is 1.99. The number of hydrogen-bond acceptors (Lipinski definition) is 3. The lowest BCUT2D eigenvalue weighted by atomic mass is 10.0. The van der Waals surface area contributed by atoms with E-state index in [0.29, 0.717) is 12.0 Å². The third kappa shape index (κ3) is 2.58. The standard InChI is InChI=1S/C11H19N3O/c1-8-11(7-13-14-8)6-12-5-10-3-4-15-9(10)2/h7,9-10,12H,3-6H2,1-2H3,(H,13,14). The summed E-state index contributed by atoms with van der Waals surface area (Å²) in [6.45, 7) is 7.04. The van der Waals surface area contributed by atoms with E-state index in [1.54, 1.807) is 0 Å². The lowest BCUT2D eigenvalue weighted by molar-refractivity contribution is 0.105. The van der Waals surface area contributed by atoms with Crippen LogP contribution in [0, 0.1) is 12.8 Å². The molecule has 1 aromatic heterocycles. The number of H-pyrrole nitrogens is 1. The highest BCUT2D eigenvalue weighted by atomic mass is 16.5. The smallest absolute Gasteiger partial charge is 0.0588 e. The van der Waals surface area contributed by atoms with Crippen molar-refractivity contribution in [1.82, 2.24) is 15.5 Å².